The molecule has 4 heterocycles. The molecule has 4 rings (SSSR count). The fraction of sp³-hybridized carbons (Fsp3) is 0.250. The maximum atomic E-state index is 5.42. The number of aryl methyl sites for hydroxylation is 1. The summed E-state index contributed by atoms with van der Waals surface area (Å²) in [6.45, 7) is 1.47. The first kappa shape index (κ1) is 12.3. The highest BCUT2D eigenvalue weighted by atomic mass is 16.5. The van der Waals surface area contributed by atoms with Crippen molar-refractivity contribution in [1.29, 1.82) is 0 Å². The van der Waals surface area contributed by atoms with Crippen molar-refractivity contribution in [2.24, 2.45) is 7.05 Å². The van der Waals surface area contributed by atoms with Gasteiger partial charge in [-0.05, 0) is 18.1 Å². The summed E-state index contributed by atoms with van der Waals surface area (Å²) in [5.74, 6) is 0. The van der Waals surface area contributed by atoms with Crippen LogP contribution in [0, 0.1) is 0 Å². The number of pyridine rings is 1. The lowest BCUT2D eigenvalue weighted by molar-refractivity contribution is 0.161. The number of nitrogens with zero attached hydrogens (tertiary/aromatic N) is 4. The van der Waals surface area contributed by atoms with Crippen LogP contribution in [0.5, 0.6) is 0 Å². The lowest BCUT2D eigenvalue weighted by atomic mass is 9.98. The number of hydrogen-bond donors (Lipinski definition) is 0. The summed E-state index contributed by atoms with van der Waals surface area (Å²) in [4.78, 5) is 4.28. The largest absolute Gasteiger partial charge is 0.377 e. The van der Waals surface area contributed by atoms with Crippen molar-refractivity contribution in [3.8, 4) is 11.1 Å². The van der Waals surface area contributed by atoms with E-state index >= 15 is 0 Å². The van der Waals surface area contributed by atoms with E-state index in [1.54, 1.807) is 0 Å². The molecule has 0 N–H and O–H groups in total. The van der Waals surface area contributed by atoms with Gasteiger partial charge >= 0.3 is 0 Å². The highest BCUT2D eigenvalue weighted by molar-refractivity contribution is 5.82. The smallest absolute Gasteiger partial charge is 0.0992 e. The van der Waals surface area contributed by atoms with Gasteiger partial charge in [-0.1, -0.05) is 6.08 Å². The van der Waals surface area contributed by atoms with Gasteiger partial charge in [0.25, 0.3) is 0 Å². The van der Waals surface area contributed by atoms with Crippen LogP contribution in [0.1, 0.15) is 12.0 Å². The Labute approximate surface area is 122 Å². The number of fused-ring (bicyclic) bond motifs is 1. The van der Waals surface area contributed by atoms with Gasteiger partial charge in [0.05, 0.1) is 37.5 Å². The Balaban J connectivity index is 1.92. The van der Waals surface area contributed by atoms with Crippen LogP contribution in [0.2, 0.25) is 0 Å². The molecule has 0 saturated heterocycles. The molecule has 0 fully saturated rings. The zero-order valence-corrected chi connectivity index (χ0v) is 11.9. The summed E-state index contributed by atoms with van der Waals surface area (Å²) < 4.78 is 9.32. The van der Waals surface area contributed by atoms with Crippen molar-refractivity contribution in [1.82, 2.24) is 19.2 Å². The van der Waals surface area contributed by atoms with E-state index < -0.39 is 0 Å². The second-order valence-electron chi connectivity index (χ2n) is 5.29. The molecule has 0 amide bonds. The Morgan fingerprint density at radius 3 is 2.90 bits per heavy atom. The zero-order valence-electron chi connectivity index (χ0n) is 11.9. The molecule has 1 aliphatic rings. The highest BCUT2D eigenvalue weighted by Crippen LogP contribution is 2.30. The van der Waals surface area contributed by atoms with Gasteiger partial charge in [0.1, 0.15) is 0 Å². The quantitative estimate of drug-likeness (QED) is 0.724. The predicted octanol–water partition coefficient (Wildman–Crippen LogP) is 2.54. The number of ether oxygens (including phenoxy) is 1. The molecule has 0 aliphatic carbocycles. The molecule has 0 atom stereocenters. The summed E-state index contributed by atoms with van der Waals surface area (Å²) >= 11 is 0. The van der Waals surface area contributed by atoms with Gasteiger partial charge in [-0.15, -0.1) is 0 Å². The normalized spacial score (nSPS) is 15.4. The third-order valence-electron chi connectivity index (χ3n) is 3.87. The van der Waals surface area contributed by atoms with Crippen LogP contribution in [0.25, 0.3) is 22.2 Å². The van der Waals surface area contributed by atoms with Crippen LogP contribution in [0.3, 0.4) is 0 Å². The summed E-state index contributed by atoms with van der Waals surface area (Å²) in [6.07, 6.45) is 12.9. The van der Waals surface area contributed by atoms with Crippen LogP contribution in [0.15, 0.2) is 43.3 Å². The molecule has 0 unspecified atom stereocenters. The molecule has 0 spiro atoms. The van der Waals surface area contributed by atoms with Crippen molar-refractivity contribution in [2.45, 2.75) is 6.42 Å². The van der Waals surface area contributed by atoms with Crippen molar-refractivity contribution in [3.05, 3.63) is 48.8 Å². The number of rotatable bonds is 2. The Morgan fingerprint density at radius 1 is 1.19 bits per heavy atom. The maximum Gasteiger partial charge on any atom is 0.0992 e. The minimum Gasteiger partial charge on any atom is -0.377 e. The molecule has 5 nitrogen and oxygen atoms in total. The second kappa shape index (κ2) is 4.86. The third-order valence-corrected chi connectivity index (χ3v) is 3.87. The van der Waals surface area contributed by atoms with E-state index in [9.17, 15) is 0 Å². The molecule has 0 radical (unpaired) electrons. The topological polar surface area (TPSA) is 44.4 Å². The van der Waals surface area contributed by atoms with Crippen molar-refractivity contribution < 1.29 is 4.74 Å². The Bertz CT molecular complexity index is 828. The Hall–Kier alpha value is -2.40. The second-order valence-corrected chi connectivity index (χ2v) is 5.29. The van der Waals surface area contributed by atoms with Crippen LogP contribution in [-0.4, -0.2) is 32.4 Å². The summed E-state index contributed by atoms with van der Waals surface area (Å²) in [5.41, 5.74) is 5.96. The van der Waals surface area contributed by atoms with Gasteiger partial charge in [-0.25, -0.2) is 4.98 Å². The van der Waals surface area contributed by atoms with Crippen molar-refractivity contribution in [2.75, 3.05) is 13.2 Å². The van der Waals surface area contributed by atoms with E-state index in [-0.39, 0.29) is 0 Å². The zero-order chi connectivity index (χ0) is 14.2. The minimum absolute atomic E-state index is 0.687. The SMILES string of the molecule is Cn1cc(-c2cc(C3=CCOCC3)c3cncn3c2)cn1. The van der Waals surface area contributed by atoms with E-state index in [0.717, 1.165) is 29.7 Å². The number of aromatic nitrogens is 4. The van der Waals surface area contributed by atoms with Gasteiger partial charge in [-0.2, -0.15) is 5.10 Å². The first-order valence-corrected chi connectivity index (χ1v) is 7.03. The van der Waals surface area contributed by atoms with Crippen molar-refractivity contribution in [3.63, 3.8) is 0 Å². The molecular formula is C16H16N4O. The fourth-order valence-corrected chi connectivity index (χ4v) is 2.79. The van der Waals surface area contributed by atoms with Crippen LogP contribution in [0.4, 0.5) is 0 Å². The average molecular weight is 280 g/mol. The van der Waals surface area contributed by atoms with Gasteiger partial charge in [0.2, 0.25) is 0 Å². The lowest BCUT2D eigenvalue weighted by Gasteiger charge is -2.16. The van der Waals surface area contributed by atoms with E-state index in [4.69, 9.17) is 4.74 Å². The third kappa shape index (κ3) is 2.15. The van der Waals surface area contributed by atoms with E-state index in [1.165, 1.54) is 11.1 Å². The lowest BCUT2D eigenvalue weighted by Crippen LogP contribution is -2.04. The molecular weight excluding hydrogens is 264 g/mol. The van der Waals surface area contributed by atoms with E-state index in [1.807, 2.05) is 36.6 Å². The summed E-state index contributed by atoms with van der Waals surface area (Å²) in [7, 11) is 1.93. The molecule has 106 valence electrons. The van der Waals surface area contributed by atoms with Crippen molar-refractivity contribution >= 4 is 11.1 Å². The van der Waals surface area contributed by atoms with Crippen LogP contribution >= 0.6 is 0 Å². The number of imidazole rings is 1. The Morgan fingerprint density at radius 2 is 2.14 bits per heavy atom. The molecule has 1 aliphatic heterocycles. The Kier molecular flexibility index (Phi) is 2.86. The minimum atomic E-state index is 0.687. The molecule has 3 aromatic rings. The molecule has 3 aromatic heterocycles. The van der Waals surface area contributed by atoms with Crippen LogP contribution in [-0.2, 0) is 11.8 Å². The first-order valence-electron chi connectivity index (χ1n) is 7.03. The number of hydrogen-bond acceptors (Lipinski definition) is 3. The molecule has 0 saturated carbocycles. The van der Waals surface area contributed by atoms with Gasteiger partial charge in [-0.3, -0.25) is 4.68 Å². The highest BCUT2D eigenvalue weighted by Gasteiger charge is 2.13. The molecule has 0 bridgehead atoms. The maximum absolute atomic E-state index is 5.42. The monoisotopic (exact) mass is 280 g/mol. The van der Waals surface area contributed by atoms with E-state index in [0.29, 0.717) is 6.61 Å². The van der Waals surface area contributed by atoms with E-state index in [2.05, 4.69) is 32.8 Å². The first-order chi connectivity index (χ1) is 10.3. The molecule has 21 heavy (non-hydrogen) atoms. The van der Waals surface area contributed by atoms with Gasteiger partial charge < -0.3 is 9.14 Å². The molecule has 5 heteroatoms. The average Bonchev–Trinajstić information content (AvgIpc) is 3.15. The standard InChI is InChI=1S/C16H16N4O/c1-19-9-14(7-18-19)13-6-15(12-2-4-21-5-3-12)16-8-17-11-20(16)10-13/h2,6-11H,3-5H2,1H3. The summed E-state index contributed by atoms with van der Waals surface area (Å²) in [6, 6.07) is 2.23. The van der Waals surface area contributed by atoms with Crippen LogP contribution < -0.4 is 0 Å². The molecule has 0 aromatic carbocycles. The summed E-state index contributed by atoms with van der Waals surface area (Å²) in [5, 5.41) is 4.26. The predicted molar refractivity (Wildman–Crippen MR) is 80.8 cm³/mol. The van der Waals surface area contributed by atoms with Gasteiger partial charge in [0.15, 0.2) is 0 Å². The van der Waals surface area contributed by atoms with Gasteiger partial charge in [0, 0.05) is 36.1 Å². The fourth-order valence-electron chi connectivity index (χ4n) is 2.79.